The van der Waals surface area contributed by atoms with E-state index in [1.54, 1.807) is 27.8 Å². The van der Waals surface area contributed by atoms with Gasteiger partial charge in [-0.05, 0) is 49.8 Å². The summed E-state index contributed by atoms with van der Waals surface area (Å²) in [5, 5.41) is 8.88. The van der Waals surface area contributed by atoms with Gasteiger partial charge in [-0.3, -0.25) is 14.4 Å². The number of piperidine rings is 1. The number of aryl methyl sites for hydroxylation is 1. The zero-order valence-electron chi connectivity index (χ0n) is 16.1. The molecule has 1 aromatic heterocycles. The second-order valence-corrected chi connectivity index (χ2v) is 7.54. The van der Waals surface area contributed by atoms with Gasteiger partial charge in [0.05, 0.1) is 6.54 Å². The lowest BCUT2D eigenvalue weighted by Gasteiger charge is -2.32. The van der Waals surface area contributed by atoms with Crippen molar-refractivity contribution < 1.29 is 14.7 Å². The Hall–Kier alpha value is -2.89. The predicted molar refractivity (Wildman–Crippen MR) is 106 cm³/mol. The molecule has 1 aliphatic heterocycles. The molecule has 2 heterocycles. The average Bonchev–Trinajstić information content (AvgIpc) is 2.68. The molecule has 0 bridgehead atoms. The van der Waals surface area contributed by atoms with Crippen molar-refractivity contribution in [2.45, 2.75) is 39.2 Å². The third-order valence-electron chi connectivity index (χ3n) is 5.26. The van der Waals surface area contributed by atoms with E-state index in [1.807, 2.05) is 31.2 Å². The fourth-order valence-corrected chi connectivity index (χ4v) is 3.81. The molecular formula is C22H26N2O4. The van der Waals surface area contributed by atoms with Gasteiger partial charge in [0.15, 0.2) is 0 Å². The fraction of sp³-hybridized carbons (Fsp3) is 0.409. The Bertz CT molecular complexity index is 919. The number of carboxylic acid groups (broad SMARTS) is 1. The Morgan fingerprint density at radius 1 is 1.21 bits per heavy atom. The van der Waals surface area contributed by atoms with Gasteiger partial charge in [0.25, 0.3) is 11.5 Å². The van der Waals surface area contributed by atoms with Gasteiger partial charge in [-0.1, -0.05) is 29.8 Å². The van der Waals surface area contributed by atoms with E-state index < -0.39 is 5.97 Å². The maximum atomic E-state index is 13.0. The molecule has 1 aromatic carbocycles. The summed E-state index contributed by atoms with van der Waals surface area (Å²) in [6.07, 6.45) is 4.13. The number of aromatic nitrogens is 1. The second kappa shape index (κ2) is 8.87. The molecule has 1 aliphatic rings. The van der Waals surface area contributed by atoms with E-state index in [9.17, 15) is 14.4 Å². The van der Waals surface area contributed by atoms with Crippen LogP contribution >= 0.6 is 0 Å². The van der Waals surface area contributed by atoms with Crippen LogP contribution in [0.3, 0.4) is 0 Å². The van der Waals surface area contributed by atoms with E-state index in [2.05, 4.69) is 0 Å². The van der Waals surface area contributed by atoms with Gasteiger partial charge in [0.1, 0.15) is 5.56 Å². The summed E-state index contributed by atoms with van der Waals surface area (Å²) in [6, 6.07) is 11.3. The highest BCUT2D eigenvalue weighted by atomic mass is 16.4. The SMILES string of the molecule is Cc1cccc(Cn2cccc(C(=O)N3CCC[C@H](CCC(=O)O)C3)c2=O)c1. The Morgan fingerprint density at radius 3 is 2.79 bits per heavy atom. The third kappa shape index (κ3) is 4.88. The first kappa shape index (κ1) is 19.9. The summed E-state index contributed by atoms with van der Waals surface area (Å²) < 4.78 is 1.56. The smallest absolute Gasteiger partial charge is 0.303 e. The van der Waals surface area contributed by atoms with Crippen molar-refractivity contribution in [1.82, 2.24) is 9.47 Å². The van der Waals surface area contributed by atoms with Crippen LogP contribution in [0.15, 0.2) is 47.4 Å². The lowest BCUT2D eigenvalue weighted by Crippen LogP contribution is -2.42. The van der Waals surface area contributed by atoms with Crippen LogP contribution < -0.4 is 5.56 Å². The van der Waals surface area contributed by atoms with E-state index in [0.29, 0.717) is 26.1 Å². The van der Waals surface area contributed by atoms with Gasteiger partial charge in [0, 0.05) is 25.7 Å². The monoisotopic (exact) mass is 382 g/mol. The molecule has 0 radical (unpaired) electrons. The number of rotatable bonds is 6. The van der Waals surface area contributed by atoms with Gasteiger partial charge < -0.3 is 14.6 Å². The standard InChI is InChI=1S/C22H26N2O4/c1-16-5-2-6-18(13-16)15-24-12-4-8-19(22(24)28)21(27)23-11-3-7-17(14-23)9-10-20(25)26/h2,4-6,8,12-13,17H,3,7,9-11,14-15H2,1H3,(H,25,26)/t17-/m1/s1. The Kier molecular flexibility index (Phi) is 6.29. The molecule has 1 N–H and O–H groups in total. The number of benzene rings is 1. The predicted octanol–water partition coefficient (Wildman–Crippen LogP) is 2.92. The maximum Gasteiger partial charge on any atom is 0.303 e. The molecule has 1 saturated heterocycles. The van der Waals surface area contributed by atoms with Crippen molar-refractivity contribution >= 4 is 11.9 Å². The number of carboxylic acids is 1. The summed E-state index contributed by atoms with van der Waals surface area (Å²) in [5.74, 6) is -0.902. The fourth-order valence-electron chi connectivity index (χ4n) is 3.81. The van der Waals surface area contributed by atoms with Crippen LogP contribution in [0, 0.1) is 12.8 Å². The molecule has 0 spiro atoms. The molecule has 2 aromatic rings. The van der Waals surface area contributed by atoms with E-state index >= 15 is 0 Å². The number of carbonyl (C=O) groups is 2. The van der Waals surface area contributed by atoms with Crippen LogP contribution in [0.2, 0.25) is 0 Å². The van der Waals surface area contributed by atoms with Crippen molar-refractivity contribution in [2.24, 2.45) is 5.92 Å². The molecule has 0 saturated carbocycles. The van der Waals surface area contributed by atoms with Gasteiger partial charge >= 0.3 is 5.97 Å². The molecule has 1 fully saturated rings. The molecule has 28 heavy (non-hydrogen) atoms. The molecule has 148 valence electrons. The van der Waals surface area contributed by atoms with Gasteiger partial charge in [-0.25, -0.2) is 0 Å². The third-order valence-corrected chi connectivity index (χ3v) is 5.26. The summed E-state index contributed by atoms with van der Waals surface area (Å²) in [6.45, 7) is 3.54. The van der Waals surface area contributed by atoms with Crippen molar-refractivity contribution in [3.63, 3.8) is 0 Å². The molecule has 6 nitrogen and oxygen atoms in total. The molecule has 0 unspecified atom stereocenters. The lowest BCUT2D eigenvalue weighted by atomic mass is 9.93. The minimum absolute atomic E-state index is 0.112. The quantitative estimate of drug-likeness (QED) is 0.833. The number of amides is 1. The summed E-state index contributed by atoms with van der Waals surface area (Å²) >= 11 is 0. The van der Waals surface area contributed by atoms with Crippen molar-refractivity contribution in [1.29, 1.82) is 0 Å². The van der Waals surface area contributed by atoms with E-state index in [0.717, 1.165) is 24.0 Å². The van der Waals surface area contributed by atoms with Crippen LogP contribution in [0.4, 0.5) is 0 Å². The Labute approximate surface area is 164 Å². The van der Waals surface area contributed by atoms with Crippen LogP contribution in [0.25, 0.3) is 0 Å². The molecule has 1 amide bonds. The summed E-state index contributed by atoms with van der Waals surface area (Å²) in [7, 11) is 0. The zero-order valence-corrected chi connectivity index (χ0v) is 16.1. The van der Waals surface area contributed by atoms with Crippen molar-refractivity contribution in [3.05, 3.63) is 69.6 Å². The highest BCUT2D eigenvalue weighted by Crippen LogP contribution is 2.22. The molecule has 0 aliphatic carbocycles. The van der Waals surface area contributed by atoms with E-state index in [-0.39, 0.29) is 29.4 Å². The van der Waals surface area contributed by atoms with Gasteiger partial charge in [-0.2, -0.15) is 0 Å². The Balaban J connectivity index is 1.75. The van der Waals surface area contributed by atoms with Crippen molar-refractivity contribution in [2.75, 3.05) is 13.1 Å². The Morgan fingerprint density at radius 2 is 2.04 bits per heavy atom. The minimum atomic E-state index is -0.814. The largest absolute Gasteiger partial charge is 0.481 e. The number of carbonyl (C=O) groups excluding carboxylic acids is 1. The number of likely N-dealkylation sites (tertiary alicyclic amines) is 1. The van der Waals surface area contributed by atoms with E-state index in [4.69, 9.17) is 5.11 Å². The summed E-state index contributed by atoms with van der Waals surface area (Å²) in [4.78, 5) is 38.3. The average molecular weight is 382 g/mol. The number of hydrogen-bond donors (Lipinski definition) is 1. The number of nitrogens with zero attached hydrogens (tertiary/aromatic N) is 2. The minimum Gasteiger partial charge on any atom is -0.481 e. The number of pyridine rings is 1. The van der Waals surface area contributed by atoms with Gasteiger partial charge in [0.2, 0.25) is 0 Å². The van der Waals surface area contributed by atoms with Crippen LogP contribution in [-0.4, -0.2) is 39.5 Å². The first-order chi connectivity index (χ1) is 13.4. The highest BCUT2D eigenvalue weighted by Gasteiger charge is 2.26. The maximum absolute atomic E-state index is 13.0. The van der Waals surface area contributed by atoms with E-state index in [1.165, 1.54) is 0 Å². The normalized spacial score (nSPS) is 16.8. The second-order valence-electron chi connectivity index (χ2n) is 7.54. The zero-order chi connectivity index (χ0) is 20.1. The molecular weight excluding hydrogens is 356 g/mol. The molecule has 3 rings (SSSR count). The van der Waals surface area contributed by atoms with Crippen molar-refractivity contribution in [3.8, 4) is 0 Å². The molecule has 6 heteroatoms. The van der Waals surface area contributed by atoms with Crippen LogP contribution in [-0.2, 0) is 11.3 Å². The van der Waals surface area contributed by atoms with Gasteiger partial charge in [-0.15, -0.1) is 0 Å². The molecule has 1 atom stereocenters. The number of hydrogen-bond acceptors (Lipinski definition) is 3. The summed E-state index contributed by atoms with van der Waals surface area (Å²) in [5.41, 5.74) is 2.02. The first-order valence-corrected chi connectivity index (χ1v) is 9.70. The topological polar surface area (TPSA) is 79.6 Å². The van der Waals surface area contributed by atoms with Crippen LogP contribution in [0.1, 0.15) is 47.2 Å². The number of aliphatic carboxylic acids is 1. The first-order valence-electron chi connectivity index (χ1n) is 9.70. The lowest BCUT2D eigenvalue weighted by molar-refractivity contribution is -0.137. The van der Waals surface area contributed by atoms with Crippen LogP contribution in [0.5, 0.6) is 0 Å². The highest BCUT2D eigenvalue weighted by molar-refractivity contribution is 5.93.